The van der Waals surface area contributed by atoms with Crippen molar-refractivity contribution in [2.45, 2.75) is 6.92 Å². The minimum atomic E-state index is -0.668. The molecule has 0 aliphatic carbocycles. The van der Waals surface area contributed by atoms with Gasteiger partial charge in [-0.1, -0.05) is 11.6 Å². The van der Waals surface area contributed by atoms with Gasteiger partial charge < -0.3 is 5.32 Å². The predicted octanol–water partition coefficient (Wildman–Crippen LogP) is 4.20. The zero-order valence-corrected chi connectivity index (χ0v) is 12.2. The number of amides is 1. The van der Waals surface area contributed by atoms with Crippen LogP contribution in [0.15, 0.2) is 34.9 Å². The van der Waals surface area contributed by atoms with Crippen molar-refractivity contribution in [1.82, 2.24) is 4.98 Å². The fraction of sp³-hybridized carbons (Fsp3) is 0.0769. The lowest BCUT2D eigenvalue weighted by Gasteiger charge is -2.07. The molecule has 2 rings (SSSR count). The van der Waals surface area contributed by atoms with E-state index in [4.69, 9.17) is 11.6 Å². The molecule has 3 nitrogen and oxygen atoms in total. The van der Waals surface area contributed by atoms with Gasteiger partial charge in [0.1, 0.15) is 11.6 Å². The van der Waals surface area contributed by atoms with Gasteiger partial charge >= 0.3 is 0 Å². The Labute approximate surface area is 122 Å². The highest BCUT2D eigenvalue weighted by atomic mass is 79.9. The van der Waals surface area contributed by atoms with Crippen LogP contribution in [0.5, 0.6) is 0 Å². The third-order valence-corrected chi connectivity index (χ3v) is 3.53. The lowest BCUT2D eigenvalue weighted by atomic mass is 10.2. The predicted molar refractivity (Wildman–Crippen MR) is 76.0 cm³/mol. The molecule has 2 aromatic rings. The molecule has 6 heteroatoms. The van der Waals surface area contributed by atoms with Gasteiger partial charge in [-0.2, -0.15) is 0 Å². The number of anilines is 1. The van der Waals surface area contributed by atoms with E-state index in [-0.39, 0.29) is 10.6 Å². The van der Waals surface area contributed by atoms with Crippen molar-refractivity contribution in [3.63, 3.8) is 0 Å². The first-order chi connectivity index (χ1) is 8.97. The smallest absolute Gasteiger partial charge is 0.259 e. The number of benzene rings is 1. The molecule has 0 saturated carbocycles. The molecule has 0 radical (unpaired) electrons. The maximum atomic E-state index is 13.6. The van der Waals surface area contributed by atoms with Crippen molar-refractivity contribution >= 4 is 39.3 Å². The summed E-state index contributed by atoms with van der Waals surface area (Å²) in [5, 5.41) is 2.77. The minimum Gasteiger partial charge on any atom is -0.306 e. The highest BCUT2D eigenvalue weighted by molar-refractivity contribution is 9.10. The molecule has 1 aromatic heterocycles. The summed E-state index contributed by atoms with van der Waals surface area (Å²) in [7, 11) is 0. The van der Waals surface area contributed by atoms with Crippen LogP contribution in [-0.2, 0) is 0 Å². The molecule has 0 unspecified atom stereocenters. The van der Waals surface area contributed by atoms with E-state index in [1.54, 1.807) is 12.3 Å². The molecule has 0 bridgehead atoms. The van der Waals surface area contributed by atoms with Crippen LogP contribution in [0.1, 0.15) is 15.9 Å². The summed E-state index contributed by atoms with van der Waals surface area (Å²) in [6, 6.07) is 5.57. The Bertz CT molecular complexity index is 649. The fourth-order valence-electron chi connectivity index (χ4n) is 1.46. The normalized spacial score (nSPS) is 10.3. The zero-order valence-electron chi connectivity index (χ0n) is 9.88. The average molecular weight is 344 g/mol. The van der Waals surface area contributed by atoms with Gasteiger partial charge in [-0.25, -0.2) is 9.37 Å². The Kier molecular flexibility index (Phi) is 4.17. The standard InChI is InChI=1S/C13H9BrClFN2O/c1-7-4-12(17-6-10(7)14)18-13(19)9-3-2-8(15)5-11(9)16/h2-6H,1H3,(H,17,18,19). The van der Waals surface area contributed by atoms with Gasteiger partial charge in [0.2, 0.25) is 0 Å². The van der Waals surface area contributed by atoms with E-state index in [1.165, 1.54) is 12.1 Å². The number of nitrogens with one attached hydrogen (secondary N) is 1. The maximum absolute atomic E-state index is 13.6. The first-order valence-electron chi connectivity index (χ1n) is 5.36. The van der Waals surface area contributed by atoms with Crippen molar-refractivity contribution in [2.24, 2.45) is 0 Å². The van der Waals surface area contributed by atoms with Crippen LogP contribution in [0.25, 0.3) is 0 Å². The summed E-state index contributed by atoms with van der Waals surface area (Å²) in [5.41, 5.74) is 0.841. The fourth-order valence-corrected chi connectivity index (χ4v) is 1.84. The van der Waals surface area contributed by atoms with E-state index in [0.717, 1.165) is 16.1 Å². The second kappa shape index (κ2) is 5.67. The van der Waals surface area contributed by atoms with E-state index < -0.39 is 11.7 Å². The SMILES string of the molecule is Cc1cc(NC(=O)c2ccc(Cl)cc2F)ncc1Br. The van der Waals surface area contributed by atoms with Gasteiger partial charge in [-0.3, -0.25) is 4.79 Å². The van der Waals surface area contributed by atoms with Crippen LogP contribution in [0, 0.1) is 12.7 Å². The molecule has 98 valence electrons. The Hall–Kier alpha value is -1.46. The lowest BCUT2D eigenvalue weighted by Crippen LogP contribution is -2.14. The van der Waals surface area contributed by atoms with Crippen molar-refractivity contribution in [3.8, 4) is 0 Å². The number of carbonyl (C=O) groups excluding carboxylic acids is 1. The molecule has 0 aliphatic rings. The number of hydrogen-bond donors (Lipinski definition) is 1. The molecular formula is C13H9BrClFN2O. The Balaban J connectivity index is 2.23. The third kappa shape index (κ3) is 3.30. The number of pyridine rings is 1. The van der Waals surface area contributed by atoms with E-state index >= 15 is 0 Å². The van der Waals surface area contributed by atoms with Crippen molar-refractivity contribution in [3.05, 3.63) is 56.9 Å². The zero-order chi connectivity index (χ0) is 14.0. The molecular weight excluding hydrogens is 335 g/mol. The molecule has 19 heavy (non-hydrogen) atoms. The van der Waals surface area contributed by atoms with Gasteiger partial charge in [-0.15, -0.1) is 0 Å². The lowest BCUT2D eigenvalue weighted by molar-refractivity contribution is 0.102. The molecule has 0 atom stereocenters. The molecule has 0 aliphatic heterocycles. The molecule has 1 heterocycles. The number of nitrogens with zero attached hydrogens (tertiary/aromatic N) is 1. The summed E-state index contributed by atoms with van der Waals surface area (Å²) in [4.78, 5) is 15.9. The van der Waals surface area contributed by atoms with Crippen LogP contribution < -0.4 is 5.32 Å². The largest absolute Gasteiger partial charge is 0.306 e. The quantitative estimate of drug-likeness (QED) is 0.888. The summed E-state index contributed by atoms with van der Waals surface area (Å²) in [5.74, 6) is -0.873. The number of carbonyl (C=O) groups is 1. The van der Waals surface area contributed by atoms with Crippen molar-refractivity contribution < 1.29 is 9.18 Å². The van der Waals surface area contributed by atoms with Crippen LogP contribution in [0.3, 0.4) is 0 Å². The minimum absolute atomic E-state index is 0.0771. The van der Waals surface area contributed by atoms with Crippen LogP contribution in [-0.4, -0.2) is 10.9 Å². The number of rotatable bonds is 2. The second-order valence-corrected chi connectivity index (χ2v) is 5.19. The number of halogens is 3. The van der Waals surface area contributed by atoms with Gasteiger partial charge in [0.15, 0.2) is 0 Å². The number of aryl methyl sites for hydroxylation is 1. The average Bonchev–Trinajstić information content (AvgIpc) is 2.33. The van der Waals surface area contributed by atoms with Gasteiger partial charge in [0.25, 0.3) is 5.91 Å². The Morgan fingerprint density at radius 1 is 1.42 bits per heavy atom. The molecule has 0 spiro atoms. The summed E-state index contributed by atoms with van der Waals surface area (Å²) < 4.78 is 14.4. The topological polar surface area (TPSA) is 42.0 Å². The maximum Gasteiger partial charge on any atom is 0.259 e. The van der Waals surface area contributed by atoms with E-state index in [2.05, 4.69) is 26.2 Å². The monoisotopic (exact) mass is 342 g/mol. The van der Waals surface area contributed by atoms with Gasteiger partial charge in [-0.05, 0) is 52.7 Å². The third-order valence-electron chi connectivity index (χ3n) is 2.46. The van der Waals surface area contributed by atoms with Crippen LogP contribution in [0.2, 0.25) is 5.02 Å². The van der Waals surface area contributed by atoms with E-state index in [9.17, 15) is 9.18 Å². The van der Waals surface area contributed by atoms with E-state index in [1.807, 2.05) is 6.92 Å². The molecule has 0 saturated heterocycles. The van der Waals surface area contributed by atoms with Crippen LogP contribution >= 0.6 is 27.5 Å². The highest BCUT2D eigenvalue weighted by Gasteiger charge is 2.13. The number of hydrogen-bond acceptors (Lipinski definition) is 2. The molecule has 0 fully saturated rings. The van der Waals surface area contributed by atoms with Crippen molar-refractivity contribution in [2.75, 3.05) is 5.32 Å². The first kappa shape index (κ1) is 14.0. The molecule has 1 amide bonds. The summed E-state index contributed by atoms with van der Waals surface area (Å²) >= 11 is 8.94. The van der Waals surface area contributed by atoms with Crippen LogP contribution in [0.4, 0.5) is 10.2 Å². The summed E-state index contributed by atoms with van der Waals surface area (Å²) in [6.45, 7) is 1.87. The highest BCUT2D eigenvalue weighted by Crippen LogP contribution is 2.19. The summed E-state index contributed by atoms with van der Waals surface area (Å²) in [6.07, 6.45) is 1.57. The number of aromatic nitrogens is 1. The molecule has 1 N–H and O–H groups in total. The Morgan fingerprint density at radius 3 is 2.79 bits per heavy atom. The van der Waals surface area contributed by atoms with E-state index in [0.29, 0.717) is 5.82 Å². The second-order valence-electron chi connectivity index (χ2n) is 3.90. The van der Waals surface area contributed by atoms with Gasteiger partial charge in [0.05, 0.1) is 5.56 Å². The van der Waals surface area contributed by atoms with Gasteiger partial charge in [0, 0.05) is 15.7 Å². The first-order valence-corrected chi connectivity index (χ1v) is 6.53. The Morgan fingerprint density at radius 2 is 2.16 bits per heavy atom. The molecule has 1 aromatic carbocycles. The van der Waals surface area contributed by atoms with Crippen molar-refractivity contribution in [1.29, 1.82) is 0 Å².